The van der Waals surface area contributed by atoms with Crippen LogP contribution in [0, 0.1) is 5.41 Å². The van der Waals surface area contributed by atoms with Crippen molar-refractivity contribution in [1.29, 1.82) is 0 Å². The number of hydrogen-bond donors (Lipinski definition) is 0. The van der Waals surface area contributed by atoms with Crippen molar-refractivity contribution in [2.24, 2.45) is 12.5 Å². The van der Waals surface area contributed by atoms with Crippen LogP contribution < -0.4 is 0 Å². The van der Waals surface area contributed by atoms with Crippen LogP contribution in [0.1, 0.15) is 26.5 Å². The Labute approximate surface area is 78.6 Å². The highest BCUT2D eigenvalue weighted by Gasteiger charge is 2.14. The molecular formula is C9H15ClN2. The molecule has 0 N–H and O–H groups in total. The van der Waals surface area contributed by atoms with Gasteiger partial charge in [0.25, 0.3) is 0 Å². The molecule has 0 amide bonds. The first-order valence-corrected chi connectivity index (χ1v) is 4.44. The minimum absolute atomic E-state index is 0.289. The molecule has 0 aliphatic heterocycles. The van der Waals surface area contributed by atoms with Crippen molar-refractivity contribution in [2.75, 3.05) is 0 Å². The quantitative estimate of drug-likeness (QED) is 0.660. The predicted octanol–water partition coefficient (Wildman–Crippen LogP) is 2.66. The van der Waals surface area contributed by atoms with Crippen molar-refractivity contribution >= 4 is 11.6 Å². The topological polar surface area (TPSA) is 17.8 Å². The van der Waals surface area contributed by atoms with Crippen LogP contribution in [0.4, 0.5) is 0 Å². The van der Waals surface area contributed by atoms with E-state index in [1.54, 1.807) is 0 Å². The summed E-state index contributed by atoms with van der Waals surface area (Å²) in [6.07, 6.45) is 2.84. The first-order valence-electron chi connectivity index (χ1n) is 4.06. The number of halogens is 1. The SMILES string of the molecule is Cn1c(CC(C)(C)C)cnc1Cl. The largest absolute Gasteiger partial charge is 0.322 e. The van der Waals surface area contributed by atoms with Crippen LogP contribution >= 0.6 is 11.6 Å². The lowest BCUT2D eigenvalue weighted by Crippen LogP contribution is -2.11. The lowest BCUT2D eigenvalue weighted by Gasteiger charge is -2.17. The van der Waals surface area contributed by atoms with Crippen molar-refractivity contribution in [3.63, 3.8) is 0 Å². The van der Waals surface area contributed by atoms with Gasteiger partial charge in [-0.15, -0.1) is 0 Å². The average Bonchev–Trinajstić information content (AvgIpc) is 2.16. The standard InChI is InChI=1S/C9H15ClN2/c1-9(2,3)5-7-6-11-8(10)12(7)4/h6H,5H2,1-4H3. The second-order valence-electron chi connectivity index (χ2n) is 4.32. The molecule has 0 unspecified atom stereocenters. The Kier molecular flexibility index (Phi) is 2.47. The first kappa shape index (κ1) is 9.59. The zero-order chi connectivity index (χ0) is 9.35. The summed E-state index contributed by atoms with van der Waals surface area (Å²) < 4.78 is 1.92. The summed E-state index contributed by atoms with van der Waals surface area (Å²) in [5.74, 6) is 0. The molecule has 12 heavy (non-hydrogen) atoms. The highest BCUT2D eigenvalue weighted by Crippen LogP contribution is 2.21. The lowest BCUT2D eigenvalue weighted by molar-refractivity contribution is 0.401. The Morgan fingerprint density at radius 2 is 2.08 bits per heavy atom. The number of nitrogens with zero attached hydrogens (tertiary/aromatic N) is 2. The van der Waals surface area contributed by atoms with Crippen molar-refractivity contribution in [3.05, 3.63) is 17.2 Å². The molecule has 68 valence electrons. The van der Waals surface area contributed by atoms with Gasteiger partial charge in [0.1, 0.15) is 0 Å². The predicted molar refractivity (Wildman–Crippen MR) is 51.4 cm³/mol. The van der Waals surface area contributed by atoms with Gasteiger partial charge in [0.2, 0.25) is 5.28 Å². The van der Waals surface area contributed by atoms with Crippen LogP contribution in [0.25, 0.3) is 0 Å². The van der Waals surface area contributed by atoms with E-state index in [-0.39, 0.29) is 5.41 Å². The van der Waals surface area contributed by atoms with E-state index in [1.807, 2.05) is 17.8 Å². The summed E-state index contributed by atoms with van der Waals surface area (Å²) in [5.41, 5.74) is 1.48. The smallest absolute Gasteiger partial charge is 0.202 e. The van der Waals surface area contributed by atoms with Gasteiger partial charge in [0.05, 0.1) is 0 Å². The molecule has 0 fully saturated rings. The molecule has 0 saturated carbocycles. The number of aromatic nitrogens is 2. The fourth-order valence-corrected chi connectivity index (χ4v) is 1.28. The highest BCUT2D eigenvalue weighted by atomic mass is 35.5. The van der Waals surface area contributed by atoms with Crippen LogP contribution in [0.5, 0.6) is 0 Å². The van der Waals surface area contributed by atoms with Crippen molar-refractivity contribution in [2.45, 2.75) is 27.2 Å². The Bertz CT molecular complexity index is 271. The third-order valence-electron chi connectivity index (χ3n) is 1.74. The number of imidazole rings is 1. The molecule has 1 heterocycles. The fourth-order valence-electron chi connectivity index (χ4n) is 1.13. The van der Waals surface area contributed by atoms with Gasteiger partial charge in [0.15, 0.2) is 0 Å². The third-order valence-corrected chi connectivity index (χ3v) is 2.09. The minimum Gasteiger partial charge on any atom is -0.322 e. The molecule has 0 aliphatic carbocycles. The Morgan fingerprint density at radius 1 is 1.50 bits per heavy atom. The van der Waals surface area contributed by atoms with Crippen LogP contribution in [0.2, 0.25) is 5.28 Å². The average molecular weight is 187 g/mol. The third kappa shape index (κ3) is 2.24. The van der Waals surface area contributed by atoms with Gasteiger partial charge >= 0.3 is 0 Å². The van der Waals surface area contributed by atoms with E-state index in [2.05, 4.69) is 25.8 Å². The number of hydrogen-bond acceptors (Lipinski definition) is 1. The summed E-state index contributed by atoms with van der Waals surface area (Å²) in [6, 6.07) is 0. The fraction of sp³-hybridized carbons (Fsp3) is 0.667. The Morgan fingerprint density at radius 3 is 2.42 bits per heavy atom. The molecule has 0 radical (unpaired) electrons. The molecule has 1 aromatic rings. The maximum atomic E-state index is 5.81. The molecular weight excluding hydrogens is 172 g/mol. The van der Waals surface area contributed by atoms with Gasteiger partial charge in [-0.25, -0.2) is 4.98 Å². The molecule has 3 heteroatoms. The van der Waals surface area contributed by atoms with Crippen molar-refractivity contribution < 1.29 is 0 Å². The molecule has 0 aromatic carbocycles. The minimum atomic E-state index is 0.289. The van der Waals surface area contributed by atoms with E-state index < -0.39 is 0 Å². The second kappa shape index (κ2) is 3.09. The van der Waals surface area contributed by atoms with E-state index in [0.29, 0.717) is 5.28 Å². The zero-order valence-electron chi connectivity index (χ0n) is 8.06. The molecule has 0 bridgehead atoms. The van der Waals surface area contributed by atoms with Crippen LogP contribution in [-0.4, -0.2) is 9.55 Å². The molecule has 0 atom stereocenters. The normalized spacial score (nSPS) is 12.1. The summed E-state index contributed by atoms with van der Waals surface area (Å²) in [4.78, 5) is 4.03. The summed E-state index contributed by atoms with van der Waals surface area (Å²) in [7, 11) is 1.94. The maximum absolute atomic E-state index is 5.81. The van der Waals surface area contributed by atoms with Crippen molar-refractivity contribution in [3.8, 4) is 0 Å². The molecule has 2 nitrogen and oxygen atoms in total. The number of rotatable bonds is 1. The van der Waals surface area contributed by atoms with Crippen LogP contribution in [-0.2, 0) is 13.5 Å². The molecule has 1 rings (SSSR count). The van der Waals surface area contributed by atoms with E-state index in [1.165, 1.54) is 5.69 Å². The van der Waals surface area contributed by atoms with Gasteiger partial charge in [-0.2, -0.15) is 0 Å². The van der Waals surface area contributed by atoms with Crippen molar-refractivity contribution in [1.82, 2.24) is 9.55 Å². The molecule has 1 aromatic heterocycles. The van der Waals surface area contributed by atoms with Crippen LogP contribution in [0.3, 0.4) is 0 Å². The summed E-state index contributed by atoms with van der Waals surface area (Å²) in [6.45, 7) is 6.61. The Balaban J connectivity index is 2.83. The molecule has 0 saturated heterocycles. The summed E-state index contributed by atoms with van der Waals surface area (Å²) in [5, 5.41) is 0.564. The van der Waals surface area contributed by atoms with Gasteiger partial charge in [-0.3, -0.25) is 0 Å². The molecule has 0 aliphatic rings. The second-order valence-corrected chi connectivity index (χ2v) is 4.65. The maximum Gasteiger partial charge on any atom is 0.202 e. The highest BCUT2D eigenvalue weighted by molar-refractivity contribution is 6.28. The lowest BCUT2D eigenvalue weighted by atomic mass is 9.91. The zero-order valence-corrected chi connectivity index (χ0v) is 8.81. The summed E-state index contributed by atoms with van der Waals surface area (Å²) >= 11 is 5.81. The van der Waals surface area contributed by atoms with Crippen LogP contribution in [0.15, 0.2) is 6.20 Å². The van der Waals surface area contributed by atoms with Gasteiger partial charge < -0.3 is 4.57 Å². The monoisotopic (exact) mass is 186 g/mol. The van der Waals surface area contributed by atoms with E-state index in [4.69, 9.17) is 11.6 Å². The molecule has 0 spiro atoms. The Hall–Kier alpha value is -0.500. The van der Waals surface area contributed by atoms with E-state index in [0.717, 1.165) is 6.42 Å². The first-order chi connectivity index (χ1) is 5.40. The van der Waals surface area contributed by atoms with E-state index in [9.17, 15) is 0 Å². The van der Waals surface area contributed by atoms with Gasteiger partial charge in [-0.1, -0.05) is 20.8 Å². The van der Waals surface area contributed by atoms with Gasteiger partial charge in [0, 0.05) is 18.9 Å². The van der Waals surface area contributed by atoms with E-state index >= 15 is 0 Å². The van der Waals surface area contributed by atoms with Gasteiger partial charge in [-0.05, 0) is 23.4 Å².